The van der Waals surface area contributed by atoms with Gasteiger partial charge >= 0.3 is 5.97 Å². The Morgan fingerprint density at radius 1 is 0.969 bits per heavy atom. The Balaban J connectivity index is 2.97. The molecule has 0 aliphatic carbocycles. The summed E-state index contributed by atoms with van der Waals surface area (Å²) >= 11 is 1.57. The maximum Gasteiger partial charge on any atom is 0.325 e. The number of carbonyl (C=O) groups is 4. The molecule has 32 heavy (non-hydrogen) atoms. The molecule has 0 heterocycles. The van der Waals surface area contributed by atoms with Crippen LogP contribution in [0.2, 0.25) is 0 Å². The SMILES string of the molecule is CSCCC(N)C(=O)NC(C(=O)NC(Cc1ccccc1)C(=O)NC(C)C(=O)O)C(C)C. The summed E-state index contributed by atoms with van der Waals surface area (Å²) < 4.78 is 0. The van der Waals surface area contributed by atoms with Crippen molar-refractivity contribution in [3.8, 4) is 0 Å². The number of hydrogen-bond acceptors (Lipinski definition) is 6. The monoisotopic (exact) mass is 466 g/mol. The molecule has 0 aliphatic heterocycles. The highest BCUT2D eigenvalue weighted by molar-refractivity contribution is 7.98. The second-order valence-electron chi connectivity index (χ2n) is 7.94. The van der Waals surface area contributed by atoms with Gasteiger partial charge in [-0.1, -0.05) is 44.2 Å². The zero-order valence-electron chi connectivity index (χ0n) is 19.0. The second-order valence-corrected chi connectivity index (χ2v) is 8.92. The summed E-state index contributed by atoms with van der Waals surface area (Å²) in [5.41, 5.74) is 6.70. The molecule has 10 heteroatoms. The van der Waals surface area contributed by atoms with E-state index in [9.17, 15) is 19.2 Å². The molecule has 0 spiro atoms. The van der Waals surface area contributed by atoms with Gasteiger partial charge in [0, 0.05) is 6.42 Å². The van der Waals surface area contributed by atoms with Crippen molar-refractivity contribution in [2.45, 2.75) is 57.8 Å². The summed E-state index contributed by atoms with van der Waals surface area (Å²) in [6, 6.07) is 5.27. The molecule has 3 amide bonds. The number of amides is 3. The molecule has 0 saturated carbocycles. The number of rotatable bonds is 13. The van der Waals surface area contributed by atoms with Gasteiger partial charge in [-0.15, -0.1) is 0 Å². The fourth-order valence-corrected chi connectivity index (χ4v) is 3.36. The molecule has 0 saturated heterocycles. The maximum absolute atomic E-state index is 13.0. The van der Waals surface area contributed by atoms with Crippen molar-refractivity contribution in [3.05, 3.63) is 35.9 Å². The molecule has 0 fully saturated rings. The van der Waals surface area contributed by atoms with Crippen molar-refractivity contribution in [1.29, 1.82) is 0 Å². The molecule has 0 aliphatic rings. The van der Waals surface area contributed by atoms with Crippen LogP contribution < -0.4 is 21.7 Å². The first-order valence-electron chi connectivity index (χ1n) is 10.5. The van der Waals surface area contributed by atoms with Crippen LogP contribution in [0.4, 0.5) is 0 Å². The normalized spacial score (nSPS) is 14.7. The van der Waals surface area contributed by atoms with Crippen LogP contribution in [-0.4, -0.2) is 65.0 Å². The zero-order chi connectivity index (χ0) is 24.3. The highest BCUT2D eigenvalue weighted by Gasteiger charge is 2.31. The number of benzene rings is 1. The van der Waals surface area contributed by atoms with Gasteiger partial charge in [-0.25, -0.2) is 0 Å². The molecule has 178 valence electrons. The lowest BCUT2D eigenvalue weighted by Crippen LogP contribution is -2.58. The summed E-state index contributed by atoms with van der Waals surface area (Å²) in [6.07, 6.45) is 2.56. The van der Waals surface area contributed by atoms with Gasteiger partial charge in [0.15, 0.2) is 0 Å². The van der Waals surface area contributed by atoms with Gasteiger partial charge in [0.05, 0.1) is 6.04 Å². The predicted molar refractivity (Wildman–Crippen MR) is 125 cm³/mol. The third-order valence-corrected chi connectivity index (χ3v) is 5.51. The Kier molecular flexibility index (Phi) is 11.8. The van der Waals surface area contributed by atoms with Gasteiger partial charge in [-0.3, -0.25) is 19.2 Å². The summed E-state index contributed by atoms with van der Waals surface area (Å²) in [4.78, 5) is 49.3. The predicted octanol–water partition coefficient (Wildman–Crippen LogP) is 0.524. The highest BCUT2D eigenvalue weighted by atomic mass is 32.2. The Hall–Kier alpha value is -2.59. The van der Waals surface area contributed by atoms with Gasteiger partial charge in [0.2, 0.25) is 17.7 Å². The smallest absolute Gasteiger partial charge is 0.325 e. The van der Waals surface area contributed by atoms with Crippen LogP contribution in [0.1, 0.15) is 32.8 Å². The molecule has 9 nitrogen and oxygen atoms in total. The van der Waals surface area contributed by atoms with Gasteiger partial charge in [-0.2, -0.15) is 11.8 Å². The highest BCUT2D eigenvalue weighted by Crippen LogP contribution is 2.08. The largest absolute Gasteiger partial charge is 0.480 e. The fourth-order valence-electron chi connectivity index (χ4n) is 2.87. The molecular weight excluding hydrogens is 432 g/mol. The summed E-state index contributed by atoms with van der Waals surface area (Å²) in [5.74, 6) is -2.32. The zero-order valence-corrected chi connectivity index (χ0v) is 19.8. The molecule has 4 atom stereocenters. The molecule has 6 N–H and O–H groups in total. The quantitative estimate of drug-likeness (QED) is 0.284. The van der Waals surface area contributed by atoms with E-state index in [2.05, 4.69) is 16.0 Å². The van der Waals surface area contributed by atoms with E-state index in [1.165, 1.54) is 6.92 Å². The van der Waals surface area contributed by atoms with Gasteiger partial charge < -0.3 is 26.8 Å². The molecule has 4 unspecified atom stereocenters. The lowest BCUT2D eigenvalue weighted by Gasteiger charge is -2.26. The number of nitrogens with two attached hydrogens (primary N) is 1. The summed E-state index contributed by atoms with van der Waals surface area (Å²) in [7, 11) is 0. The topological polar surface area (TPSA) is 151 Å². The van der Waals surface area contributed by atoms with Crippen LogP contribution in [0.5, 0.6) is 0 Å². The Morgan fingerprint density at radius 2 is 1.59 bits per heavy atom. The van der Waals surface area contributed by atoms with Crippen LogP contribution in [0.15, 0.2) is 30.3 Å². The molecule has 1 aromatic carbocycles. The number of carbonyl (C=O) groups excluding carboxylic acids is 3. The van der Waals surface area contributed by atoms with Crippen molar-refractivity contribution >= 4 is 35.5 Å². The number of hydrogen-bond donors (Lipinski definition) is 5. The van der Waals surface area contributed by atoms with E-state index in [-0.39, 0.29) is 12.3 Å². The number of aliphatic carboxylic acids is 1. The van der Waals surface area contributed by atoms with Crippen molar-refractivity contribution in [2.24, 2.45) is 11.7 Å². The van der Waals surface area contributed by atoms with Gasteiger partial charge in [0.25, 0.3) is 0 Å². The van der Waals surface area contributed by atoms with E-state index in [1.807, 2.05) is 12.3 Å². The van der Waals surface area contributed by atoms with Crippen molar-refractivity contribution in [3.63, 3.8) is 0 Å². The fraction of sp³-hybridized carbons (Fsp3) is 0.545. The number of carboxylic acids is 1. The minimum atomic E-state index is -1.19. The molecule has 0 aromatic heterocycles. The summed E-state index contributed by atoms with van der Waals surface area (Å²) in [5, 5.41) is 16.8. The lowest BCUT2D eigenvalue weighted by molar-refractivity contribution is -0.141. The van der Waals surface area contributed by atoms with E-state index in [0.29, 0.717) is 12.2 Å². The van der Waals surface area contributed by atoms with E-state index in [0.717, 1.165) is 5.56 Å². The Bertz CT molecular complexity index is 775. The third kappa shape index (κ3) is 9.27. The van der Waals surface area contributed by atoms with Crippen molar-refractivity contribution in [2.75, 3.05) is 12.0 Å². The average Bonchev–Trinajstić information content (AvgIpc) is 2.75. The van der Waals surface area contributed by atoms with E-state index < -0.39 is 47.9 Å². The summed E-state index contributed by atoms with van der Waals surface area (Å²) in [6.45, 7) is 4.89. The van der Waals surface area contributed by atoms with Crippen molar-refractivity contribution < 1.29 is 24.3 Å². The van der Waals surface area contributed by atoms with Crippen molar-refractivity contribution in [1.82, 2.24) is 16.0 Å². The first-order valence-corrected chi connectivity index (χ1v) is 11.9. The van der Waals surface area contributed by atoms with Crippen LogP contribution >= 0.6 is 11.8 Å². The molecule has 1 rings (SSSR count). The molecule has 0 bridgehead atoms. The Labute approximate surface area is 193 Å². The first kappa shape index (κ1) is 27.4. The molecule has 0 radical (unpaired) electrons. The average molecular weight is 467 g/mol. The Morgan fingerprint density at radius 3 is 2.12 bits per heavy atom. The van der Waals surface area contributed by atoms with Crippen LogP contribution in [0.25, 0.3) is 0 Å². The molecular formula is C22H34N4O5S. The minimum absolute atomic E-state index is 0.163. The van der Waals surface area contributed by atoms with Crippen LogP contribution in [0, 0.1) is 5.92 Å². The second kappa shape index (κ2) is 13.7. The number of nitrogens with one attached hydrogen (secondary N) is 3. The first-order chi connectivity index (χ1) is 15.1. The van der Waals surface area contributed by atoms with E-state index in [1.54, 1.807) is 49.9 Å². The number of carboxylic acid groups (broad SMARTS) is 1. The van der Waals surface area contributed by atoms with E-state index in [4.69, 9.17) is 10.8 Å². The van der Waals surface area contributed by atoms with Crippen LogP contribution in [-0.2, 0) is 25.6 Å². The maximum atomic E-state index is 13.0. The lowest BCUT2D eigenvalue weighted by atomic mass is 10.0. The number of thioether (sulfide) groups is 1. The molecule has 1 aromatic rings. The third-order valence-electron chi connectivity index (χ3n) is 4.86. The minimum Gasteiger partial charge on any atom is -0.480 e. The van der Waals surface area contributed by atoms with E-state index >= 15 is 0 Å². The standard InChI is InChI=1S/C22H34N4O5S/c1-13(2)18(26-19(27)16(23)10-11-32-4)21(29)25-17(12-15-8-6-5-7-9-15)20(28)24-14(3)22(30)31/h5-9,13-14,16-18H,10-12,23H2,1-4H3,(H,24,28)(H,25,29)(H,26,27)(H,30,31). The van der Waals surface area contributed by atoms with Gasteiger partial charge in [0.1, 0.15) is 18.1 Å². The van der Waals surface area contributed by atoms with Crippen LogP contribution in [0.3, 0.4) is 0 Å². The van der Waals surface area contributed by atoms with Gasteiger partial charge in [-0.05, 0) is 36.8 Å².